The summed E-state index contributed by atoms with van der Waals surface area (Å²) in [5.74, 6) is 0.913. The zero-order valence-electron chi connectivity index (χ0n) is 14.7. The fourth-order valence-electron chi connectivity index (χ4n) is 2.42. The van der Waals surface area contributed by atoms with Crippen LogP contribution < -0.4 is 10.6 Å². The molecule has 0 unspecified atom stereocenters. The Morgan fingerprint density at radius 3 is 2.78 bits per heavy atom. The number of halogens is 1. The predicted molar refractivity (Wildman–Crippen MR) is 108 cm³/mol. The minimum atomic E-state index is 0. The van der Waals surface area contributed by atoms with Gasteiger partial charge in [-0.15, -0.1) is 24.0 Å². The minimum absolute atomic E-state index is 0. The molecule has 0 amide bonds. The zero-order valence-corrected chi connectivity index (χ0v) is 17.1. The summed E-state index contributed by atoms with van der Waals surface area (Å²) in [6.07, 6.45) is 9.71. The molecule has 1 rings (SSSR count). The van der Waals surface area contributed by atoms with Crippen molar-refractivity contribution in [3.05, 3.63) is 11.6 Å². The number of nitrogens with one attached hydrogen (secondary N) is 2. The van der Waals surface area contributed by atoms with Gasteiger partial charge < -0.3 is 20.1 Å². The van der Waals surface area contributed by atoms with Gasteiger partial charge in [-0.05, 0) is 45.4 Å². The molecule has 0 atom stereocenters. The Balaban J connectivity index is 0.00000484. The van der Waals surface area contributed by atoms with Crippen LogP contribution in [0.1, 0.15) is 45.4 Å². The van der Waals surface area contributed by atoms with Crippen LogP contribution in [0.25, 0.3) is 0 Å². The van der Waals surface area contributed by atoms with Crippen LogP contribution >= 0.6 is 24.0 Å². The molecule has 136 valence electrons. The first-order valence-corrected chi connectivity index (χ1v) is 8.63. The summed E-state index contributed by atoms with van der Waals surface area (Å²) >= 11 is 0. The maximum Gasteiger partial charge on any atom is 0.191 e. The third-order valence-electron chi connectivity index (χ3n) is 3.62. The molecule has 0 spiro atoms. The Morgan fingerprint density at radius 2 is 2.09 bits per heavy atom. The van der Waals surface area contributed by atoms with Crippen LogP contribution in [0.15, 0.2) is 16.6 Å². The summed E-state index contributed by atoms with van der Waals surface area (Å²) in [5.41, 5.74) is 1.60. The number of methoxy groups -OCH3 is 1. The first-order valence-electron chi connectivity index (χ1n) is 8.63. The number of ether oxygens (including phenoxy) is 2. The monoisotopic (exact) mass is 439 g/mol. The summed E-state index contributed by atoms with van der Waals surface area (Å²) in [6, 6.07) is 0. The topological polar surface area (TPSA) is 54.9 Å². The second-order valence-corrected chi connectivity index (χ2v) is 5.50. The fraction of sp³-hybridized carbons (Fsp3) is 0.824. The van der Waals surface area contributed by atoms with Crippen LogP contribution in [0.5, 0.6) is 0 Å². The molecule has 0 radical (unpaired) electrons. The van der Waals surface area contributed by atoms with Gasteiger partial charge >= 0.3 is 0 Å². The number of rotatable bonds is 11. The molecule has 0 fully saturated rings. The third kappa shape index (κ3) is 12.7. The first-order chi connectivity index (χ1) is 10.9. The van der Waals surface area contributed by atoms with Crippen molar-refractivity contribution in [2.24, 2.45) is 4.99 Å². The van der Waals surface area contributed by atoms with E-state index >= 15 is 0 Å². The molecule has 2 N–H and O–H groups in total. The molecule has 0 aliphatic heterocycles. The van der Waals surface area contributed by atoms with Gasteiger partial charge in [0, 0.05) is 33.4 Å². The van der Waals surface area contributed by atoms with E-state index in [0.717, 1.165) is 45.0 Å². The van der Waals surface area contributed by atoms with Gasteiger partial charge in [0.2, 0.25) is 0 Å². The Labute approximate surface area is 158 Å². The first kappa shape index (κ1) is 22.7. The van der Waals surface area contributed by atoms with Crippen molar-refractivity contribution in [3.8, 4) is 0 Å². The van der Waals surface area contributed by atoms with Crippen LogP contribution in [-0.2, 0) is 9.47 Å². The quantitative estimate of drug-likeness (QED) is 0.171. The van der Waals surface area contributed by atoms with Gasteiger partial charge in [-0.3, -0.25) is 4.99 Å². The van der Waals surface area contributed by atoms with Gasteiger partial charge in [-0.25, -0.2) is 0 Å². The van der Waals surface area contributed by atoms with E-state index in [0.29, 0.717) is 13.2 Å². The molecule has 1 aliphatic carbocycles. The fourth-order valence-corrected chi connectivity index (χ4v) is 2.42. The van der Waals surface area contributed by atoms with Crippen molar-refractivity contribution in [1.82, 2.24) is 10.6 Å². The lowest BCUT2D eigenvalue weighted by Crippen LogP contribution is -2.38. The average molecular weight is 439 g/mol. The molecular weight excluding hydrogens is 405 g/mol. The highest BCUT2D eigenvalue weighted by Gasteiger charge is 2.03. The van der Waals surface area contributed by atoms with Gasteiger partial charge in [-0.1, -0.05) is 11.6 Å². The number of nitrogens with zero attached hydrogens (tertiary/aromatic N) is 1. The van der Waals surface area contributed by atoms with Crippen LogP contribution in [0.3, 0.4) is 0 Å². The van der Waals surface area contributed by atoms with Crippen molar-refractivity contribution in [1.29, 1.82) is 0 Å². The van der Waals surface area contributed by atoms with E-state index < -0.39 is 0 Å². The normalized spacial score (nSPS) is 14.9. The highest BCUT2D eigenvalue weighted by atomic mass is 127. The smallest absolute Gasteiger partial charge is 0.191 e. The maximum atomic E-state index is 5.43. The SMILES string of the molecule is CCNC(=NCCCOCCOC)NCCC1=CCCCC1.I. The lowest BCUT2D eigenvalue weighted by molar-refractivity contribution is 0.0702. The van der Waals surface area contributed by atoms with Crippen LogP contribution in [0.4, 0.5) is 0 Å². The molecule has 0 aromatic rings. The van der Waals surface area contributed by atoms with E-state index in [2.05, 4.69) is 28.6 Å². The Hall–Kier alpha value is -0.340. The lowest BCUT2D eigenvalue weighted by Gasteiger charge is -2.15. The molecular formula is C17H34IN3O2. The minimum Gasteiger partial charge on any atom is -0.382 e. The summed E-state index contributed by atoms with van der Waals surface area (Å²) in [5, 5.41) is 6.71. The molecule has 0 aromatic carbocycles. The number of guanidine groups is 1. The summed E-state index contributed by atoms with van der Waals surface area (Å²) in [6.45, 7) is 6.77. The molecule has 0 saturated heterocycles. The number of allylic oxidation sites excluding steroid dienone is 1. The maximum absolute atomic E-state index is 5.43. The number of hydrogen-bond acceptors (Lipinski definition) is 3. The lowest BCUT2D eigenvalue weighted by atomic mass is 9.97. The Morgan fingerprint density at radius 1 is 1.22 bits per heavy atom. The number of hydrogen-bond donors (Lipinski definition) is 2. The highest BCUT2D eigenvalue weighted by Crippen LogP contribution is 2.19. The summed E-state index contributed by atoms with van der Waals surface area (Å²) in [7, 11) is 1.69. The van der Waals surface area contributed by atoms with Gasteiger partial charge in [0.15, 0.2) is 5.96 Å². The summed E-state index contributed by atoms with van der Waals surface area (Å²) < 4.78 is 10.4. The van der Waals surface area contributed by atoms with Crippen LogP contribution in [0.2, 0.25) is 0 Å². The molecule has 0 aromatic heterocycles. The van der Waals surface area contributed by atoms with Crippen molar-refractivity contribution in [2.75, 3.05) is 46.6 Å². The van der Waals surface area contributed by atoms with Crippen molar-refractivity contribution < 1.29 is 9.47 Å². The average Bonchev–Trinajstić information content (AvgIpc) is 2.55. The molecule has 0 saturated carbocycles. The second-order valence-electron chi connectivity index (χ2n) is 5.50. The van der Waals surface area contributed by atoms with Gasteiger partial charge in [0.1, 0.15) is 0 Å². The van der Waals surface area contributed by atoms with Crippen molar-refractivity contribution >= 4 is 29.9 Å². The Kier molecular flexibility index (Phi) is 16.3. The third-order valence-corrected chi connectivity index (χ3v) is 3.62. The largest absolute Gasteiger partial charge is 0.382 e. The van der Waals surface area contributed by atoms with Crippen LogP contribution in [0, 0.1) is 0 Å². The van der Waals surface area contributed by atoms with E-state index in [4.69, 9.17) is 9.47 Å². The standard InChI is InChI=1S/C17H33N3O2.HI/c1-3-18-17(19-11-7-13-22-15-14-21-2)20-12-10-16-8-5-4-6-9-16;/h8H,3-7,9-15H2,1-2H3,(H2,18,19,20);1H. The molecule has 1 aliphatic rings. The predicted octanol–water partition coefficient (Wildman–Crippen LogP) is 3.10. The highest BCUT2D eigenvalue weighted by molar-refractivity contribution is 14.0. The van der Waals surface area contributed by atoms with E-state index in [1.165, 1.54) is 25.7 Å². The van der Waals surface area contributed by atoms with Gasteiger partial charge in [-0.2, -0.15) is 0 Å². The number of aliphatic imine (C=N–C) groups is 1. The summed E-state index contributed by atoms with van der Waals surface area (Å²) in [4.78, 5) is 4.58. The molecule has 5 nitrogen and oxygen atoms in total. The van der Waals surface area contributed by atoms with E-state index in [-0.39, 0.29) is 24.0 Å². The van der Waals surface area contributed by atoms with Crippen LogP contribution in [-0.4, -0.2) is 52.5 Å². The zero-order chi connectivity index (χ0) is 15.9. The molecule has 0 heterocycles. The molecule has 23 heavy (non-hydrogen) atoms. The van der Waals surface area contributed by atoms with Gasteiger partial charge in [0.05, 0.1) is 13.2 Å². The van der Waals surface area contributed by atoms with Gasteiger partial charge in [0.25, 0.3) is 0 Å². The van der Waals surface area contributed by atoms with E-state index in [1.807, 2.05) is 0 Å². The van der Waals surface area contributed by atoms with E-state index in [1.54, 1.807) is 12.7 Å². The Bertz CT molecular complexity index is 336. The van der Waals surface area contributed by atoms with Crippen molar-refractivity contribution in [3.63, 3.8) is 0 Å². The molecule has 0 bridgehead atoms. The molecule has 6 heteroatoms. The van der Waals surface area contributed by atoms with E-state index in [9.17, 15) is 0 Å². The van der Waals surface area contributed by atoms with Crippen molar-refractivity contribution in [2.45, 2.75) is 45.4 Å². The second kappa shape index (κ2) is 16.5.